The van der Waals surface area contributed by atoms with E-state index in [-0.39, 0.29) is 12.5 Å². The van der Waals surface area contributed by atoms with Crippen LogP contribution in [0.1, 0.15) is 22.9 Å². The van der Waals surface area contributed by atoms with Gasteiger partial charge in [-0.2, -0.15) is 0 Å². The Kier molecular flexibility index (Phi) is 3.64. The van der Waals surface area contributed by atoms with Gasteiger partial charge < -0.3 is 9.15 Å². The van der Waals surface area contributed by atoms with Crippen LogP contribution < -0.4 is 4.74 Å². The lowest BCUT2D eigenvalue weighted by Crippen LogP contribution is -1.99. The molecule has 0 unspecified atom stereocenters. The normalized spacial score (nSPS) is 10.5. The van der Waals surface area contributed by atoms with Gasteiger partial charge in [-0.15, -0.1) is 21.8 Å². The van der Waals surface area contributed by atoms with Crippen LogP contribution in [0.5, 0.6) is 5.75 Å². The maximum absolute atomic E-state index is 5.67. The van der Waals surface area contributed by atoms with E-state index >= 15 is 0 Å². The van der Waals surface area contributed by atoms with Crippen molar-refractivity contribution in [2.75, 3.05) is 0 Å². The molecule has 1 aromatic heterocycles. The molecule has 1 heterocycles. The third kappa shape index (κ3) is 2.77. The number of rotatable bonds is 4. The van der Waals surface area contributed by atoms with Gasteiger partial charge in [-0.1, -0.05) is 18.2 Å². The number of aromatic nitrogens is 2. The molecule has 0 aliphatic rings. The Bertz CT molecular complexity index is 491. The van der Waals surface area contributed by atoms with E-state index in [1.807, 2.05) is 32.0 Å². The zero-order chi connectivity index (χ0) is 12.3. The van der Waals surface area contributed by atoms with Crippen LogP contribution in [0, 0.1) is 13.8 Å². The van der Waals surface area contributed by atoms with Gasteiger partial charge in [0.05, 0.1) is 0 Å². The minimum absolute atomic E-state index is 0.219. The third-order valence-electron chi connectivity index (χ3n) is 2.37. The van der Waals surface area contributed by atoms with Crippen LogP contribution in [0.15, 0.2) is 22.6 Å². The van der Waals surface area contributed by atoms with Crippen LogP contribution in [-0.4, -0.2) is 10.2 Å². The molecule has 0 aliphatic heterocycles. The fraction of sp³-hybridized carbons (Fsp3) is 0.333. The average molecular weight is 253 g/mol. The van der Waals surface area contributed by atoms with E-state index in [4.69, 9.17) is 20.8 Å². The van der Waals surface area contributed by atoms with Crippen molar-refractivity contribution in [3.05, 3.63) is 41.1 Å². The monoisotopic (exact) mass is 252 g/mol. The van der Waals surface area contributed by atoms with Gasteiger partial charge in [-0.3, -0.25) is 0 Å². The Hall–Kier alpha value is -1.55. The summed E-state index contributed by atoms with van der Waals surface area (Å²) >= 11 is 5.57. The quantitative estimate of drug-likeness (QED) is 0.785. The molecule has 2 aromatic rings. The number of hydrogen-bond acceptors (Lipinski definition) is 4. The van der Waals surface area contributed by atoms with Gasteiger partial charge in [0.15, 0.2) is 6.61 Å². The van der Waals surface area contributed by atoms with Crippen LogP contribution in [0.3, 0.4) is 0 Å². The summed E-state index contributed by atoms with van der Waals surface area (Å²) in [4.78, 5) is 0. The minimum Gasteiger partial charge on any atom is -0.483 e. The van der Waals surface area contributed by atoms with Crippen molar-refractivity contribution in [3.63, 3.8) is 0 Å². The fourth-order valence-electron chi connectivity index (χ4n) is 1.56. The molecule has 0 saturated heterocycles. The number of para-hydroxylation sites is 1. The first-order chi connectivity index (χ1) is 8.20. The van der Waals surface area contributed by atoms with E-state index in [0.717, 1.165) is 16.9 Å². The second-order valence-electron chi connectivity index (χ2n) is 3.73. The maximum Gasteiger partial charge on any atom is 0.253 e. The summed E-state index contributed by atoms with van der Waals surface area (Å²) in [5, 5.41) is 7.60. The molecule has 0 bridgehead atoms. The van der Waals surface area contributed by atoms with Crippen LogP contribution in [-0.2, 0) is 12.5 Å². The molecule has 0 radical (unpaired) electrons. The van der Waals surface area contributed by atoms with Crippen LogP contribution in [0.4, 0.5) is 0 Å². The highest BCUT2D eigenvalue weighted by atomic mass is 35.5. The molecule has 90 valence electrons. The topological polar surface area (TPSA) is 48.2 Å². The summed E-state index contributed by atoms with van der Waals surface area (Å²) in [5.41, 5.74) is 2.17. The number of hydrogen-bond donors (Lipinski definition) is 0. The van der Waals surface area contributed by atoms with Crippen LogP contribution in [0.2, 0.25) is 0 Å². The van der Waals surface area contributed by atoms with Crippen molar-refractivity contribution in [2.45, 2.75) is 26.3 Å². The molecule has 0 N–H and O–H groups in total. The predicted octanol–water partition coefficient (Wildman–Crippen LogP) is 3.00. The summed E-state index contributed by atoms with van der Waals surface area (Å²) in [7, 11) is 0. The van der Waals surface area contributed by atoms with Gasteiger partial charge in [0.25, 0.3) is 5.89 Å². The molecular formula is C12H13ClN2O2. The summed E-state index contributed by atoms with van der Waals surface area (Å²) in [6.07, 6.45) is 0. The molecule has 0 saturated carbocycles. The molecule has 2 rings (SSSR count). The zero-order valence-electron chi connectivity index (χ0n) is 9.74. The molecule has 17 heavy (non-hydrogen) atoms. The SMILES string of the molecule is Cc1cccc(C)c1OCc1nnc(CCl)o1. The van der Waals surface area contributed by atoms with Gasteiger partial charge in [-0.05, 0) is 25.0 Å². The lowest BCUT2D eigenvalue weighted by Gasteiger charge is -2.09. The van der Waals surface area contributed by atoms with Crippen LogP contribution >= 0.6 is 11.6 Å². The Morgan fingerprint density at radius 1 is 1.18 bits per heavy atom. The molecule has 0 atom stereocenters. The van der Waals surface area contributed by atoms with Crippen molar-refractivity contribution in [1.82, 2.24) is 10.2 Å². The molecule has 4 nitrogen and oxygen atoms in total. The van der Waals surface area contributed by atoms with Gasteiger partial charge >= 0.3 is 0 Å². The first kappa shape index (κ1) is 11.9. The van der Waals surface area contributed by atoms with Gasteiger partial charge in [-0.25, -0.2) is 0 Å². The maximum atomic E-state index is 5.67. The number of nitrogens with zero attached hydrogens (tertiary/aromatic N) is 2. The average Bonchev–Trinajstić information content (AvgIpc) is 2.76. The molecule has 0 spiro atoms. The Labute approximate surface area is 105 Å². The van der Waals surface area contributed by atoms with Crippen molar-refractivity contribution < 1.29 is 9.15 Å². The van der Waals surface area contributed by atoms with Gasteiger partial charge in [0.1, 0.15) is 11.6 Å². The number of benzene rings is 1. The van der Waals surface area contributed by atoms with E-state index < -0.39 is 0 Å². The van der Waals surface area contributed by atoms with E-state index in [9.17, 15) is 0 Å². The highest BCUT2D eigenvalue weighted by Crippen LogP contribution is 2.23. The molecule has 0 aliphatic carbocycles. The Morgan fingerprint density at radius 2 is 1.82 bits per heavy atom. The highest BCUT2D eigenvalue weighted by molar-refractivity contribution is 6.16. The highest BCUT2D eigenvalue weighted by Gasteiger charge is 2.08. The molecule has 0 amide bonds. The lowest BCUT2D eigenvalue weighted by molar-refractivity contribution is 0.257. The van der Waals surface area contributed by atoms with Crippen molar-refractivity contribution in [3.8, 4) is 5.75 Å². The fourth-order valence-corrected chi connectivity index (χ4v) is 1.67. The summed E-state index contributed by atoms with van der Waals surface area (Å²) in [6.45, 7) is 4.26. The molecular weight excluding hydrogens is 240 g/mol. The van der Waals surface area contributed by atoms with Crippen LogP contribution in [0.25, 0.3) is 0 Å². The summed E-state index contributed by atoms with van der Waals surface area (Å²) in [5.74, 6) is 1.92. The first-order valence-corrected chi connectivity index (χ1v) is 5.80. The largest absolute Gasteiger partial charge is 0.483 e. The molecule has 1 aromatic carbocycles. The molecule has 0 fully saturated rings. The number of alkyl halides is 1. The Morgan fingerprint density at radius 3 is 2.41 bits per heavy atom. The van der Waals surface area contributed by atoms with Crippen molar-refractivity contribution >= 4 is 11.6 Å². The second-order valence-corrected chi connectivity index (χ2v) is 4.00. The third-order valence-corrected chi connectivity index (χ3v) is 2.60. The second kappa shape index (κ2) is 5.19. The van der Waals surface area contributed by atoms with Crippen molar-refractivity contribution in [2.24, 2.45) is 0 Å². The van der Waals surface area contributed by atoms with E-state index in [1.54, 1.807) is 0 Å². The van der Waals surface area contributed by atoms with Gasteiger partial charge in [0, 0.05) is 0 Å². The number of ether oxygens (including phenoxy) is 1. The van der Waals surface area contributed by atoms with E-state index in [1.165, 1.54) is 0 Å². The summed E-state index contributed by atoms with van der Waals surface area (Å²) < 4.78 is 10.9. The van der Waals surface area contributed by atoms with E-state index in [0.29, 0.717) is 11.8 Å². The minimum atomic E-state index is 0.219. The van der Waals surface area contributed by atoms with E-state index in [2.05, 4.69) is 10.2 Å². The summed E-state index contributed by atoms with van der Waals surface area (Å²) in [6, 6.07) is 6.00. The zero-order valence-corrected chi connectivity index (χ0v) is 10.5. The molecule has 5 heteroatoms. The standard InChI is InChI=1S/C12H13ClN2O2/c1-8-4-3-5-9(2)12(8)16-7-11-15-14-10(6-13)17-11/h3-5H,6-7H2,1-2H3. The first-order valence-electron chi connectivity index (χ1n) is 5.27. The number of aryl methyl sites for hydroxylation is 2. The van der Waals surface area contributed by atoms with Crippen molar-refractivity contribution in [1.29, 1.82) is 0 Å². The Balaban J connectivity index is 2.07. The number of halogens is 1. The predicted molar refractivity (Wildman–Crippen MR) is 64.1 cm³/mol. The van der Waals surface area contributed by atoms with Gasteiger partial charge in [0.2, 0.25) is 5.89 Å². The smallest absolute Gasteiger partial charge is 0.253 e. The lowest BCUT2D eigenvalue weighted by atomic mass is 10.1.